The summed E-state index contributed by atoms with van der Waals surface area (Å²) in [5.41, 5.74) is 5.23. The van der Waals surface area contributed by atoms with E-state index in [-0.39, 0.29) is 12.4 Å². The third-order valence-electron chi connectivity index (χ3n) is 1.89. The Morgan fingerprint density at radius 2 is 2.33 bits per heavy atom. The Kier molecular flexibility index (Phi) is 1.82. The number of aromatic nitrogens is 2. The zero-order valence-corrected chi connectivity index (χ0v) is 6.60. The Morgan fingerprint density at radius 1 is 1.58 bits per heavy atom. The van der Waals surface area contributed by atoms with Crippen LogP contribution >= 0.6 is 0 Å². The summed E-state index contributed by atoms with van der Waals surface area (Å²) in [4.78, 5) is 0. The van der Waals surface area contributed by atoms with E-state index < -0.39 is 6.10 Å². The smallest absolute Gasteiger partial charge is 0.246 e. The number of aliphatic hydroxyl groups is 1. The molecule has 0 aliphatic heterocycles. The summed E-state index contributed by atoms with van der Waals surface area (Å²) in [5.74, 6) is 1.30. The number of hydrogen-bond acceptors (Lipinski definition) is 5. The summed E-state index contributed by atoms with van der Waals surface area (Å²) in [6.45, 7) is 0.117. The fraction of sp³-hybridized carbons (Fsp3) is 0.714. The summed E-state index contributed by atoms with van der Waals surface area (Å²) in [5, 5.41) is 16.7. The highest BCUT2D eigenvalue weighted by Gasteiger charge is 2.30. The number of hydrogen-bond donors (Lipinski definition) is 2. The standard InChI is InChI=1S/C7H11N3O2/c8-3-5(11)7-10-9-6(12-7)4-1-2-4/h4-5,11H,1-3,8H2/t5-/m0/s1. The number of nitrogens with two attached hydrogens (primary N) is 1. The molecule has 0 aromatic carbocycles. The predicted octanol–water partition coefficient (Wildman–Crippen LogP) is -0.0609. The molecule has 1 aromatic heterocycles. The van der Waals surface area contributed by atoms with Crippen molar-refractivity contribution in [2.24, 2.45) is 5.73 Å². The van der Waals surface area contributed by atoms with Crippen LogP contribution in [0.25, 0.3) is 0 Å². The van der Waals surface area contributed by atoms with Crippen LogP contribution in [0.4, 0.5) is 0 Å². The number of nitrogens with zero attached hydrogens (tertiary/aromatic N) is 2. The summed E-state index contributed by atoms with van der Waals surface area (Å²) < 4.78 is 5.21. The van der Waals surface area contributed by atoms with E-state index in [0.717, 1.165) is 12.8 Å². The van der Waals surface area contributed by atoms with E-state index in [1.165, 1.54) is 0 Å². The molecule has 1 heterocycles. The lowest BCUT2D eigenvalue weighted by molar-refractivity contribution is 0.149. The zero-order valence-electron chi connectivity index (χ0n) is 6.60. The van der Waals surface area contributed by atoms with Crippen molar-refractivity contribution >= 4 is 0 Å². The van der Waals surface area contributed by atoms with Gasteiger partial charge in [-0.05, 0) is 12.8 Å². The number of rotatable bonds is 3. The summed E-state index contributed by atoms with van der Waals surface area (Å²) in [6.07, 6.45) is 1.41. The molecule has 0 unspecified atom stereocenters. The molecule has 0 spiro atoms. The van der Waals surface area contributed by atoms with Gasteiger partial charge in [0.15, 0.2) is 0 Å². The van der Waals surface area contributed by atoms with E-state index in [1.54, 1.807) is 0 Å². The molecule has 0 amide bonds. The molecule has 1 aromatic rings. The van der Waals surface area contributed by atoms with Gasteiger partial charge in [0.1, 0.15) is 6.10 Å². The first-order chi connectivity index (χ1) is 5.81. The van der Waals surface area contributed by atoms with E-state index in [9.17, 15) is 5.11 Å². The zero-order chi connectivity index (χ0) is 8.55. The third-order valence-corrected chi connectivity index (χ3v) is 1.89. The summed E-state index contributed by atoms with van der Waals surface area (Å²) in [7, 11) is 0. The van der Waals surface area contributed by atoms with Crippen LogP contribution in [-0.4, -0.2) is 21.8 Å². The third kappa shape index (κ3) is 1.33. The normalized spacial score (nSPS) is 19.5. The highest BCUT2D eigenvalue weighted by Crippen LogP contribution is 2.39. The van der Waals surface area contributed by atoms with E-state index in [2.05, 4.69) is 10.2 Å². The molecule has 5 heteroatoms. The lowest BCUT2D eigenvalue weighted by Gasteiger charge is -1.98. The van der Waals surface area contributed by atoms with Crippen LogP contribution in [-0.2, 0) is 0 Å². The molecular weight excluding hydrogens is 158 g/mol. The molecule has 1 saturated carbocycles. The predicted molar refractivity (Wildman–Crippen MR) is 40.3 cm³/mol. The van der Waals surface area contributed by atoms with Gasteiger partial charge in [-0.3, -0.25) is 0 Å². The van der Waals surface area contributed by atoms with Crippen LogP contribution in [0.5, 0.6) is 0 Å². The Hall–Kier alpha value is -0.940. The van der Waals surface area contributed by atoms with Crippen LogP contribution in [0, 0.1) is 0 Å². The summed E-state index contributed by atoms with van der Waals surface area (Å²) >= 11 is 0. The quantitative estimate of drug-likeness (QED) is 0.662. The minimum atomic E-state index is -0.815. The minimum absolute atomic E-state index is 0.117. The molecule has 12 heavy (non-hydrogen) atoms. The topological polar surface area (TPSA) is 85.2 Å². The van der Waals surface area contributed by atoms with E-state index in [1.807, 2.05) is 0 Å². The van der Waals surface area contributed by atoms with Gasteiger partial charge in [-0.15, -0.1) is 10.2 Å². The maximum absolute atomic E-state index is 9.22. The first kappa shape index (κ1) is 7.70. The number of aliphatic hydroxyl groups excluding tert-OH is 1. The van der Waals surface area contributed by atoms with Crippen molar-refractivity contribution in [3.8, 4) is 0 Å². The first-order valence-corrected chi connectivity index (χ1v) is 4.02. The largest absolute Gasteiger partial charge is 0.422 e. The SMILES string of the molecule is NC[C@H](O)c1nnc(C2CC2)o1. The van der Waals surface area contributed by atoms with Crippen molar-refractivity contribution in [2.75, 3.05) is 6.54 Å². The van der Waals surface area contributed by atoms with Gasteiger partial charge >= 0.3 is 0 Å². The first-order valence-electron chi connectivity index (χ1n) is 4.02. The monoisotopic (exact) mass is 169 g/mol. The van der Waals surface area contributed by atoms with Crippen molar-refractivity contribution < 1.29 is 9.52 Å². The van der Waals surface area contributed by atoms with Crippen molar-refractivity contribution in [2.45, 2.75) is 24.9 Å². The molecule has 0 bridgehead atoms. The van der Waals surface area contributed by atoms with Gasteiger partial charge in [-0.1, -0.05) is 0 Å². The second kappa shape index (κ2) is 2.84. The van der Waals surface area contributed by atoms with Crippen LogP contribution in [0.2, 0.25) is 0 Å². The molecule has 1 atom stereocenters. The maximum Gasteiger partial charge on any atom is 0.246 e. The van der Waals surface area contributed by atoms with Crippen molar-refractivity contribution in [1.29, 1.82) is 0 Å². The Balaban J connectivity index is 2.12. The average molecular weight is 169 g/mol. The lowest BCUT2D eigenvalue weighted by atomic mass is 10.4. The molecule has 1 fully saturated rings. The van der Waals surface area contributed by atoms with E-state index in [4.69, 9.17) is 10.2 Å². The van der Waals surface area contributed by atoms with Gasteiger partial charge in [0, 0.05) is 12.5 Å². The van der Waals surface area contributed by atoms with Crippen LogP contribution < -0.4 is 5.73 Å². The molecular formula is C7H11N3O2. The molecule has 3 N–H and O–H groups in total. The van der Waals surface area contributed by atoms with Crippen molar-refractivity contribution in [3.63, 3.8) is 0 Å². The molecule has 1 aliphatic carbocycles. The highest BCUT2D eigenvalue weighted by molar-refractivity contribution is 5.00. The van der Waals surface area contributed by atoms with Crippen molar-refractivity contribution in [3.05, 3.63) is 11.8 Å². The molecule has 5 nitrogen and oxygen atoms in total. The molecule has 66 valence electrons. The van der Waals surface area contributed by atoms with Gasteiger partial charge in [0.2, 0.25) is 11.8 Å². The minimum Gasteiger partial charge on any atom is -0.422 e. The molecule has 0 radical (unpaired) electrons. The molecule has 0 saturated heterocycles. The van der Waals surface area contributed by atoms with Crippen LogP contribution in [0.15, 0.2) is 4.42 Å². The van der Waals surface area contributed by atoms with Gasteiger partial charge < -0.3 is 15.3 Å². The summed E-state index contributed by atoms with van der Waals surface area (Å²) in [6, 6.07) is 0. The van der Waals surface area contributed by atoms with Gasteiger partial charge in [-0.25, -0.2) is 0 Å². The lowest BCUT2D eigenvalue weighted by Crippen LogP contribution is -2.11. The van der Waals surface area contributed by atoms with Crippen molar-refractivity contribution in [1.82, 2.24) is 10.2 Å². The Morgan fingerprint density at radius 3 is 2.92 bits per heavy atom. The van der Waals surface area contributed by atoms with Gasteiger partial charge in [0.25, 0.3) is 0 Å². The van der Waals surface area contributed by atoms with Gasteiger partial charge in [0.05, 0.1) is 0 Å². The van der Waals surface area contributed by atoms with E-state index >= 15 is 0 Å². The average Bonchev–Trinajstić information content (AvgIpc) is 2.83. The highest BCUT2D eigenvalue weighted by atomic mass is 16.4. The molecule has 1 aliphatic rings. The second-order valence-corrected chi connectivity index (χ2v) is 3.00. The van der Waals surface area contributed by atoms with Crippen LogP contribution in [0.1, 0.15) is 36.6 Å². The fourth-order valence-electron chi connectivity index (χ4n) is 0.977. The van der Waals surface area contributed by atoms with Gasteiger partial charge in [-0.2, -0.15) is 0 Å². The Labute approximate surface area is 69.6 Å². The second-order valence-electron chi connectivity index (χ2n) is 3.00. The van der Waals surface area contributed by atoms with Crippen LogP contribution in [0.3, 0.4) is 0 Å². The Bertz CT molecular complexity index is 269. The molecule has 2 rings (SSSR count). The maximum atomic E-state index is 9.22. The van der Waals surface area contributed by atoms with E-state index in [0.29, 0.717) is 11.8 Å². The fourth-order valence-corrected chi connectivity index (χ4v) is 0.977.